The Hall–Kier alpha value is -2.82. The number of hydrogen-bond donors (Lipinski definition) is 2. The van der Waals surface area contributed by atoms with Crippen molar-refractivity contribution in [3.05, 3.63) is 82.8 Å². The van der Waals surface area contributed by atoms with Crippen LogP contribution in [0.4, 0.5) is 0 Å². The first-order chi connectivity index (χ1) is 15.2. The summed E-state index contributed by atoms with van der Waals surface area (Å²) in [5.41, 5.74) is 8.40. The van der Waals surface area contributed by atoms with Crippen LogP contribution >= 0.6 is 0 Å². The summed E-state index contributed by atoms with van der Waals surface area (Å²) in [5.74, 6) is 0.698. The smallest absolute Gasteiger partial charge is 0.155 e. The molecule has 1 radical (unpaired) electrons. The van der Waals surface area contributed by atoms with E-state index in [2.05, 4.69) is 44.0 Å². The average Bonchev–Trinajstić information content (AvgIpc) is 2.72. The summed E-state index contributed by atoms with van der Waals surface area (Å²) in [7, 11) is 1.66. The molecule has 0 atom stereocenters. The summed E-state index contributed by atoms with van der Waals surface area (Å²) in [6, 6.07) is 15.3. The molecule has 3 rings (SSSR count). The number of ketones is 1. The third-order valence-corrected chi connectivity index (χ3v) is 4.77. The van der Waals surface area contributed by atoms with E-state index in [0.29, 0.717) is 0 Å². The summed E-state index contributed by atoms with van der Waals surface area (Å²) in [6.45, 7) is 9.19. The first-order valence-electron chi connectivity index (χ1n) is 10.3. The van der Waals surface area contributed by atoms with E-state index in [1.54, 1.807) is 13.3 Å². The van der Waals surface area contributed by atoms with Crippen LogP contribution in [0, 0.1) is 26.8 Å². The second-order valence-electron chi connectivity index (χ2n) is 7.71. The van der Waals surface area contributed by atoms with Crippen molar-refractivity contribution >= 4 is 5.78 Å². The predicted molar refractivity (Wildman–Crippen MR) is 128 cm³/mol. The van der Waals surface area contributed by atoms with E-state index in [-0.39, 0.29) is 37.6 Å². The number of aliphatic hydroxyl groups is 2. The molecule has 0 aliphatic heterocycles. The van der Waals surface area contributed by atoms with Crippen molar-refractivity contribution in [3.63, 3.8) is 0 Å². The maximum absolute atomic E-state index is 10.0. The van der Waals surface area contributed by atoms with Crippen LogP contribution in [0.2, 0.25) is 0 Å². The summed E-state index contributed by atoms with van der Waals surface area (Å²) in [4.78, 5) is 14.5. The Labute approximate surface area is 208 Å². The van der Waals surface area contributed by atoms with Crippen LogP contribution in [0.15, 0.2) is 54.4 Å². The molecule has 0 aliphatic carbocycles. The van der Waals surface area contributed by atoms with Crippen LogP contribution in [-0.4, -0.2) is 28.1 Å². The van der Waals surface area contributed by atoms with Crippen LogP contribution in [0.3, 0.4) is 0 Å². The minimum absolute atomic E-state index is 0. The van der Waals surface area contributed by atoms with E-state index < -0.39 is 0 Å². The standard InChI is InChI=1S/C22H22NO2.C5H8O2.Rh/c1-14-9-15(2)22(16(3)10-14)20-12-18(25-4)5-6-19(20)21-11-17(13-24)7-8-23-21;1-4(6)3-5(2)7;/h5,7-12,24H,13H2,1-4H3;3,6H,1-2H3;/q-1;;/b;4-3-;. The van der Waals surface area contributed by atoms with Crippen LogP contribution in [0.25, 0.3) is 22.4 Å². The van der Waals surface area contributed by atoms with Crippen LogP contribution < -0.4 is 4.74 Å². The molecular weight excluding hydrogens is 505 g/mol. The molecule has 0 bridgehead atoms. The molecule has 2 aromatic carbocycles. The molecule has 1 heterocycles. The minimum atomic E-state index is -0.125. The Morgan fingerprint density at radius 3 is 2.24 bits per heavy atom. The summed E-state index contributed by atoms with van der Waals surface area (Å²) in [6.07, 6.45) is 2.89. The van der Waals surface area contributed by atoms with Gasteiger partial charge in [0, 0.05) is 37.5 Å². The summed E-state index contributed by atoms with van der Waals surface area (Å²) < 4.78 is 5.42. The van der Waals surface area contributed by atoms with Crippen LogP contribution in [0.1, 0.15) is 36.1 Å². The molecule has 33 heavy (non-hydrogen) atoms. The number of ether oxygens (including phenoxy) is 1. The van der Waals surface area contributed by atoms with Gasteiger partial charge in [0.25, 0.3) is 0 Å². The number of benzene rings is 2. The fraction of sp³-hybridized carbons (Fsp3) is 0.259. The number of aryl methyl sites for hydroxylation is 3. The van der Waals surface area contributed by atoms with Crippen molar-refractivity contribution in [2.24, 2.45) is 0 Å². The molecule has 177 valence electrons. The van der Waals surface area contributed by atoms with Crippen LogP contribution in [0.5, 0.6) is 5.75 Å². The maximum atomic E-state index is 10.0. The van der Waals surface area contributed by atoms with E-state index in [9.17, 15) is 9.90 Å². The Bertz CT molecular complexity index is 1110. The van der Waals surface area contributed by atoms with Crippen molar-refractivity contribution in [1.82, 2.24) is 4.98 Å². The van der Waals surface area contributed by atoms with E-state index >= 15 is 0 Å². The van der Waals surface area contributed by atoms with Gasteiger partial charge in [-0.2, -0.15) is 0 Å². The van der Waals surface area contributed by atoms with E-state index in [1.165, 1.54) is 42.2 Å². The Morgan fingerprint density at radius 1 is 1.12 bits per heavy atom. The molecule has 3 aromatic rings. The first kappa shape index (κ1) is 28.2. The number of carbonyl (C=O) groups is 1. The van der Waals surface area contributed by atoms with Gasteiger partial charge in [-0.3, -0.25) is 4.79 Å². The molecule has 0 fully saturated rings. The quantitative estimate of drug-likeness (QED) is 0.190. The fourth-order valence-corrected chi connectivity index (χ4v) is 3.61. The number of nitrogens with zero attached hydrogens (tertiary/aromatic N) is 1. The first-order valence-corrected chi connectivity index (χ1v) is 10.3. The van der Waals surface area contributed by atoms with Gasteiger partial charge >= 0.3 is 0 Å². The second-order valence-corrected chi connectivity index (χ2v) is 7.71. The van der Waals surface area contributed by atoms with Crippen molar-refractivity contribution in [2.45, 2.75) is 41.2 Å². The van der Waals surface area contributed by atoms with Gasteiger partial charge in [-0.15, -0.1) is 17.7 Å². The van der Waals surface area contributed by atoms with Gasteiger partial charge in [-0.1, -0.05) is 52.1 Å². The van der Waals surface area contributed by atoms with Gasteiger partial charge in [-0.25, -0.2) is 0 Å². The minimum Gasteiger partial charge on any atom is -0.540 e. The Morgan fingerprint density at radius 2 is 1.76 bits per heavy atom. The normalized spacial score (nSPS) is 10.6. The van der Waals surface area contributed by atoms with Gasteiger partial charge in [0.2, 0.25) is 0 Å². The third kappa shape index (κ3) is 7.92. The summed E-state index contributed by atoms with van der Waals surface area (Å²) in [5, 5.41) is 17.8. The zero-order valence-corrected chi connectivity index (χ0v) is 21.5. The van der Waals surface area contributed by atoms with E-state index in [4.69, 9.17) is 9.84 Å². The maximum Gasteiger partial charge on any atom is 0.155 e. The van der Waals surface area contributed by atoms with Crippen molar-refractivity contribution in [3.8, 4) is 28.1 Å². The molecule has 0 saturated heterocycles. The van der Waals surface area contributed by atoms with Crippen molar-refractivity contribution < 1.29 is 39.2 Å². The van der Waals surface area contributed by atoms with Gasteiger partial charge in [-0.05, 0) is 51.9 Å². The van der Waals surface area contributed by atoms with Crippen LogP contribution in [-0.2, 0) is 30.9 Å². The number of allylic oxidation sites excluding steroid dienone is 2. The van der Waals surface area contributed by atoms with Gasteiger partial charge < -0.3 is 19.9 Å². The average molecular weight is 535 g/mol. The Balaban J connectivity index is 0.000000595. The third-order valence-electron chi connectivity index (χ3n) is 4.77. The van der Waals surface area contributed by atoms with Crippen molar-refractivity contribution in [2.75, 3.05) is 7.11 Å². The number of methoxy groups -OCH3 is 1. The number of aliphatic hydroxyl groups excluding tert-OH is 2. The molecule has 0 spiro atoms. The molecule has 5 nitrogen and oxygen atoms in total. The zero-order chi connectivity index (χ0) is 23.8. The number of carbonyl (C=O) groups excluding carboxylic acids is 1. The number of aromatic nitrogens is 1. The molecule has 6 heteroatoms. The van der Waals surface area contributed by atoms with Gasteiger partial charge in [0.1, 0.15) is 0 Å². The SMILES string of the molecule is CC(=O)/C=C(/C)O.COc1c[c-]c(-c2cc(CO)ccn2)c(-c2c(C)cc(C)cc2C)c1.[Rh]. The monoisotopic (exact) mass is 535 g/mol. The Kier molecular flexibility index (Phi) is 11.1. The predicted octanol–water partition coefficient (Wildman–Crippen LogP) is 5.68. The molecule has 0 saturated carbocycles. The van der Waals surface area contributed by atoms with Gasteiger partial charge in [0.05, 0.1) is 19.5 Å². The summed E-state index contributed by atoms with van der Waals surface area (Å²) >= 11 is 0. The zero-order valence-electron chi connectivity index (χ0n) is 19.8. The molecule has 0 amide bonds. The fourth-order valence-electron chi connectivity index (χ4n) is 3.61. The molecule has 2 N–H and O–H groups in total. The molecule has 1 aromatic heterocycles. The largest absolute Gasteiger partial charge is 0.540 e. The molecular formula is C27H30NO4Rh-. The van der Waals surface area contributed by atoms with Gasteiger partial charge in [0.15, 0.2) is 5.78 Å². The number of pyridine rings is 1. The topological polar surface area (TPSA) is 79.7 Å². The number of hydrogen-bond acceptors (Lipinski definition) is 5. The second kappa shape index (κ2) is 13.0. The molecule has 0 unspecified atom stereocenters. The van der Waals surface area contributed by atoms with E-state index in [1.807, 2.05) is 24.3 Å². The number of rotatable bonds is 5. The molecule has 0 aliphatic rings. The van der Waals surface area contributed by atoms with Crippen molar-refractivity contribution in [1.29, 1.82) is 0 Å². The van der Waals surface area contributed by atoms with E-state index in [0.717, 1.165) is 28.1 Å².